The first kappa shape index (κ1) is 29.2. The van der Waals surface area contributed by atoms with Crippen LogP contribution in [-0.4, -0.2) is 29.9 Å². The quantitative estimate of drug-likeness (QED) is 0.129. The minimum absolute atomic E-state index is 0.00752. The molecule has 41 heavy (non-hydrogen) atoms. The third kappa shape index (κ3) is 7.32. The molecule has 0 aromatic heterocycles. The van der Waals surface area contributed by atoms with Crippen LogP contribution in [0.3, 0.4) is 0 Å². The standard InChI is InChI=1S/C34H42N4O2S/c1-24-11-10-19-34(2,37-24)18-7-4-8-20-38-29-22-28(40-23-25-12-5-3-6-13-25)16-17-30(29)41-31(33(38)39)26-14-9-15-27(21-26)32(35)36/h3,5-6,9,12-17,21-22,24,31,37H,4,7-8,10-11,18-20,23H2,1-2H3,(H3,35,36)/t24-,31?,34+/m0/s1. The number of rotatable bonds is 11. The van der Waals surface area contributed by atoms with Crippen molar-refractivity contribution in [3.05, 3.63) is 89.5 Å². The number of amides is 1. The number of hydrogen-bond acceptors (Lipinski definition) is 5. The zero-order valence-electron chi connectivity index (χ0n) is 24.2. The van der Waals surface area contributed by atoms with Gasteiger partial charge in [0.05, 0.1) is 5.69 Å². The van der Waals surface area contributed by atoms with Gasteiger partial charge in [-0.1, -0.05) is 67.8 Å². The van der Waals surface area contributed by atoms with Crippen molar-refractivity contribution < 1.29 is 9.53 Å². The van der Waals surface area contributed by atoms with Crippen molar-refractivity contribution in [3.8, 4) is 5.75 Å². The largest absolute Gasteiger partial charge is 0.489 e. The SMILES string of the molecule is C[C@H]1CCC[C@@](C)(CCCCCN2C(=O)C(c3cccc(C(=N)N)c3)Sc3ccc(OCc4ccccc4)cc32)N1. The Morgan fingerprint density at radius 2 is 1.93 bits per heavy atom. The van der Waals surface area contributed by atoms with E-state index in [2.05, 4.69) is 25.2 Å². The summed E-state index contributed by atoms with van der Waals surface area (Å²) in [5, 5.41) is 11.3. The third-order valence-electron chi connectivity index (χ3n) is 8.28. The predicted molar refractivity (Wildman–Crippen MR) is 169 cm³/mol. The number of carbonyl (C=O) groups excluding carboxylic acids is 1. The zero-order valence-corrected chi connectivity index (χ0v) is 25.0. The number of ether oxygens (including phenoxy) is 1. The minimum Gasteiger partial charge on any atom is -0.489 e. The molecule has 1 amide bonds. The molecule has 5 rings (SSSR count). The number of nitrogens with zero attached hydrogens (tertiary/aromatic N) is 1. The maximum atomic E-state index is 14.0. The van der Waals surface area contributed by atoms with Gasteiger partial charge in [-0.15, -0.1) is 11.8 Å². The Bertz CT molecular complexity index is 1360. The normalized spacial score (nSPS) is 22.3. The van der Waals surface area contributed by atoms with E-state index in [0.29, 0.717) is 24.8 Å². The van der Waals surface area contributed by atoms with E-state index < -0.39 is 0 Å². The van der Waals surface area contributed by atoms with E-state index in [9.17, 15) is 4.79 Å². The lowest BCUT2D eigenvalue weighted by Gasteiger charge is -2.39. The Morgan fingerprint density at radius 1 is 1.10 bits per heavy atom. The average Bonchev–Trinajstić information content (AvgIpc) is 2.97. The van der Waals surface area contributed by atoms with Gasteiger partial charge in [-0.05, 0) is 68.9 Å². The summed E-state index contributed by atoms with van der Waals surface area (Å²) in [7, 11) is 0. The number of hydrogen-bond donors (Lipinski definition) is 3. The van der Waals surface area contributed by atoms with Crippen molar-refractivity contribution in [2.75, 3.05) is 11.4 Å². The van der Waals surface area contributed by atoms with Crippen LogP contribution in [0.4, 0.5) is 5.69 Å². The number of nitrogens with one attached hydrogen (secondary N) is 2. The van der Waals surface area contributed by atoms with E-state index in [1.54, 1.807) is 11.8 Å². The summed E-state index contributed by atoms with van der Waals surface area (Å²) in [6, 6.07) is 24.3. The van der Waals surface area contributed by atoms with Crippen LogP contribution in [0.1, 0.15) is 80.7 Å². The van der Waals surface area contributed by atoms with Gasteiger partial charge in [-0.25, -0.2) is 0 Å². The number of amidine groups is 1. The summed E-state index contributed by atoms with van der Waals surface area (Å²) in [5.41, 5.74) is 9.52. The molecule has 3 atom stereocenters. The summed E-state index contributed by atoms with van der Waals surface area (Å²) >= 11 is 1.56. The highest BCUT2D eigenvalue weighted by molar-refractivity contribution is 8.00. The Kier molecular flexibility index (Phi) is 9.35. The molecule has 0 bridgehead atoms. The van der Waals surface area contributed by atoms with Crippen LogP contribution in [0.25, 0.3) is 0 Å². The van der Waals surface area contributed by atoms with Crippen molar-refractivity contribution >= 4 is 29.2 Å². The van der Waals surface area contributed by atoms with Gasteiger partial charge in [-0.2, -0.15) is 0 Å². The Morgan fingerprint density at radius 3 is 2.71 bits per heavy atom. The van der Waals surface area contributed by atoms with Gasteiger partial charge < -0.3 is 20.7 Å². The second kappa shape index (κ2) is 13.1. The summed E-state index contributed by atoms with van der Waals surface area (Å²) in [6.45, 7) is 5.79. The maximum Gasteiger partial charge on any atom is 0.245 e. The van der Waals surface area contributed by atoms with Crippen molar-refractivity contribution in [1.29, 1.82) is 5.41 Å². The number of benzene rings is 3. The number of fused-ring (bicyclic) bond motifs is 1. The van der Waals surface area contributed by atoms with Crippen molar-refractivity contribution in [1.82, 2.24) is 5.32 Å². The van der Waals surface area contributed by atoms with Crippen LogP contribution >= 0.6 is 11.8 Å². The first-order chi connectivity index (χ1) is 19.8. The molecule has 2 heterocycles. The lowest BCUT2D eigenvalue weighted by molar-refractivity contribution is -0.118. The summed E-state index contributed by atoms with van der Waals surface area (Å²) in [5.74, 6) is 0.833. The van der Waals surface area contributed by atoms with E-state index in [1.807, 2.05) is 71.6 Å². The summed E-state index contributed by atoms with van der Waals surface area (Å²) < 4.78 is 6.13. The second-order valence-corrected chi connectivity index (χ2v) is 12.9. The van der Waals surface area contributed by atoms with Crippen LogP contribution in [-0.2, 0) is 11.4 Å². The molecular weight excluding hydrogens is 528 g/mol. The number of carbonyl (C=O) groups is 1. The molecule has 1 saturated heterocycles. The van der Waals surface area contributed by atoms with Gasteiger partial charge in [0.2, 0.25) is 5.91 Å². The molecule has 0 spiro atoms. The molecule has 4 N–H and O–H groups in total. The molecule has 216 valence electrons. The monoisotopic (exact) mass is 570 g/mol. The van der Waals surface area contributed by atoms with E-state index in [4.69, 9.17) is 15.9 Å². The van der Waals surface area contributed by atoms with E-state index in [-0.39, 0.29) is 22.5 Å². The van der Waals surface area contributed by atoms with Gasteiger partial charge in [0.1, 0.15) is 23.4 Å². The van der Waals surface area contributed by atoms with Crippen molar-refractivity contribution in [3.63, 3.8) is 0 Å². The molecule has 3 aromatic carbocycles. The number of anilines is 1. The number of piperidine rings is 1. The zero-order chi connectivity index (χ0) is 28.8. The molecule has 0 saturated carbocycles. The van der Waals surface area contributed by atoms with Crippen molar-refractivity contribution in [2.24, 2.45) is 5.73 Å². The predicted octanol–water partition coefficient (Wildman–Crippen LogP) is 7.21. The molecule has 6 nitrogen and oxygen atoms in total. The van der Waals surface area contributed by atoms with Gasteiger partial charge in [0.25, 0.3) is 0 Å². The topological polar surface area (TPSA) is 91.4 Å². The highest BCUT2D eigenvalue weighted by Gasteiger charge is 2.35. The van der Waals surface area contributed by atoms with Crippen LogP contribution in [0.5, 0.6) is 5.75 Å². The Hall–Kier alpha value is -3.29. The van der Waals surface area contributed by atoms with E-state index >= 15 is 0 Å². The molecular formula is C34H42N4O2S. The molecule has 2 aliphatic heterocycles. The van der Waals surface area contributed by atoms with Gasteiger partial charge in [0.15, 0.2) is 0 Å². The van der Waals surface area contributed by atoms with Crippen LogP contribution in [0.15, 0.2) is 77.7 Å². The fourth-order valence-electron chi connectivity index (χ4n) is 6.08. The van der Waals surface area contributed by atoms with Crippen LogP contribution in [0, 0.1) is 5.41 Å². The smallest absolute Gasteiger partial charge is 0.245 e. The van der Waals surface area contributed by atoms with Gasteiger partial charge in [-0.3, -0.25) is 10.2 Å². The van der Waals surface area contributed by atoms with Gasteiger partial charge in [0, 0.05) is 34.7 Å². The molecule has 0 radical (unpaired) electrons. The summed E-state index contributed by atoms with van der Waals surface area (Å²) in [6.07, 6.45) is 8.11. The number of thioether (sulfide) groups is 1. The maximum absolute atomic E-state index is 14.0. The van der Waals surface area contributed by atoms with E-state index in [1.165, 1.54) is 19.3 Å². The summed E-state index contributed by atoms with van der Waals surface area (Å²) in [4.78, 5) is 17.0. The fourth-order valence-corrected chi connectivity index (χ4v) is 7.28. The Balaban J connectivity index is 1.31. The minimum atomic E-state index is -0.385. The lowest BCUT2D eigenvalue weighted by atomic mass is 9.84. The average molecular weight is 571 g/mol. The number of unbranched alkanes of at least 4 members (excludes halogenated alkanes) is 2. The van der Waals surface area contributed by atoms with Gasteiger partial charge >= 0.3 is 0 Å². The number of nitrogens with two attached hydrogens (primary N) is 1. The second-order valence-electron chi connectivity index (χ2n) is 11.7. The first-order valence-electron chi connectivity index (χ1n) is 14.8. The molecule has 7 heteroatoms. The molecule has 2 aliphatic rings. The molecule has 1 unspecified atom stereocenters. The third-order valence-corrected chi connectivity index (χ3v) is 9.58. The fraction of sp³-hybridized carbons (Fsp3) is 0.412. The Labute approximate surface area is 248 Å². The van der Waals surface area contributed by atoms with Crippen LogP contribution in [0.2, 0.25) is 0 Å². The first-order valence-corrected chi connectivity index (χ1v) is 15.7. The van der Waals surface area contributed by atoms with E-state index in [0.717, 1.165) is 53.1 Å². The number of nitrogen functional groups attached to an aromatic ring is 1. The molecule has 3 aromatic rings. The highest BCUT2D eigenvalue weighted by atomic mass is 32.2. The van der Waals surface area contributed by atoms with Crippen LogP contribution < -0.4 is 20.7 Å². The highest BCUT2D eigenvalue weighted by Crippen LogP contribution is 2.48. The van der Waals surface area contributed by atoms with Crippen molar-refractivity contribution in [2.45, 2.75) is 87.1 Å². The molecule has 1 fully saturated rings. The molecule has 0 aliphatic carbocycles. The lowest BCUT2D eigenvalue weighted by Crippen LogP contribution is -2.50.